The summed E-state index contributed by atoms with van der Waals surface area (Å²) in [5.74, 6) is 2.03. The topological polar surface area (TPSA) is 70.2 Å². The minimum absolute atomic E-state index is 0.115. The van der Waals surface area contributed by atoms with E-state index in [1.807, 2.05) is 61.5 Å². The molecular weight excluding hydrogens is 422 g/mol. The van der Waals surface area contributed by atoms with Gasteiger partial charge in [0.05, 0.1) is 5.92 Å². The second-order valence-corrected chi connectivity index (χ2v) is 9.39. The highest BCUT2D eigenvalue weighted by Crippen LogP contribution is 2.27. The number of benzene rings is 2. The lowest BCUT2D eigenvalue weighted by Gasteiger charge is -2.30. The number of aromatic nitrogens is 2. The second-order valence-electron chi connectivity index (χ2n) is 9.39. The van der Waals surface area contributed by atoms with Crippen molar-refractivity contribution in [2.45, 2.75) is 44.1 Å². The molecule has 2 aromatic carbocycles. The quantitative estimate of drug-likeness (QED) is 0.489. The summed E-state index contributed by atoms with van der Waals surface area (Å²) in [4.78, 5) is 24.2. The first kappa shape index (κ1) is 23.7. The van der Waals surface area contributed by atoms with Crippen molar-refractivity contribution in [1.29, 1.82) is 0 Å². The Kier molecular flexibility index (Phi) is 8.12. The van der Waals surface area contributed by atoms with Crippen molar-refractivity contribution in [3.63, 3.8) is 0 Å². The number of nitrogens with one attached hydrogen (secondary N) is 2. The second kappa shape index (κ2) is 11.6. The van der Waals surface area contributed by atoms with Gasteiger partial charge in [-0.2, -0.15) is 4.98 Å². The fourth-order valence-electron chi connectivity index (χ4n) is 4.63. The van der Waals surface area contributed by atoms with E-state index in [9.17, 15) is 4.79 Å². The van der Waals surface area contributed by atoms with Crippen LogP contribution in [0.25, 0.3) is 0 Å². The molecule has 1 saturated carbocycles. The number of carbonyl (C=O) groups excluding carboxylic acids is 1. The van der Waals surface area contributed by atoms with E-state index in [-0.39, 0.29) is 11.8 Å². The molecule has 0 bridgehead atoms. The van der Waals surface area contributed by atoms with Gasteiger partial charge in [-0.1, -0.05) is 60.7 Å². The zero-order chi connectivity index (χ0) is 23.8. The predicted molar refractivity (Wildman–Crippen MR) is 138 cm³/mol. The van der Waals surface area contributed by atoms with E-state index in [4.69, 9.17) is 0 Å². The van der Waals surface area contributed by atoms with Crippen LogP contribution in [0.4, 0.5) is 11.8 Å². The zero-order valence-corrected chi connectivity index (χ0v) is 20.2. The fraction of sp³-hybridized carbons (Fsp3) is 0.393. The standard InChI is InChI=1S/C28H35N5O/c1-33(2)26-17-18-29-28(32-26)31-24-15-13-22(14-16-24)20-30-27(34)25(23-11-7-4-8-12-23)19-21-9-5-3-6-10-21/h3-12,17-18,22,24-25H,13-16,19-20H2,1-2H3,(H,30,34)(H,29,31,32)/t22-,24+,25?. The van der Waals surface area contributed by atoms with Crippen LogP contribution >= 0.6 is 0 Å². The average Bonchev–Trinajstić information content (AvgIpc) is 2.88. The summed E-state index contributed by atoms with van der Waals surface area (Å²) in [6, 6.07) is 22.7. The lowest BCUT2D eigenvalue weighted by molar-refractivity contribution is -0.122. The van der Waals surface area contributed by atoms with Gasteiger partial charge in [-0.05, 0) is 55.2 Å². The molecule has 1 atom stereocenters. The number of amides is 1. The SMILES string of the molecule is CN(C)c1ccnc(N[C@H]2CC[C@@H](CNC(=O)C(Cc3ccccc3)c3ccccc3)CC2)n1. The number of anilines is 2. The fourth-order valence-corrected chi connectivity index (χ4v) is 4.63. The summed E-state index contributed by atoms with van der Waals surface area (Å²) in [7, 11) is 3.96. The van der Waals surface area contributed by atoms with E-state index in [2.05, 4.69) is 44.9 Å². The first-order valence-electron chi connectivity index (χ1n) is 12.2. The van der Waals surface area contributed by atoms with Gasteiger partial charge in [0.2, 0.25) is 11.9 Å². The first-order chi connectivity index (χ1) is 16.6. The summed E-state index contributed by atoms with van der Waals surface area (Å²) in [5, 5.41) is 6.76. The van der Waals surface area contributed by atoms with E-state index in [0.717, 1.165) is 43.6 Å². The van der Waals surface area contributed by atoms with E-state index in [1.165, 1.54) is 5.56 Å². The number of hydrogen-bond donors (Lipinski definition) is 2. The molecule has 0 saturated heterocycles. The highest BCUT2D eigenvalue weighted by atomic mass is 16.1. The molecule has 1 aliphatic carbocycles. The Morgan fingerprint density at radius 2 is 1.65 bits per heavy atom. The van der Waals surface area contributed by atoms with Crippen molar-refractivity contribution in [1.82, 2.24) is 15.3 Å². The molecule has 34 heavy (non-hydrogen) atoms. The molecule has 1 unspecified atom stereocenters. The van der Waals surface area contributed by atoms with Gasteiger partial charge in [-0.15, -0.1) is 0 Å². The van der Waals surface area contributed by atoms with Crippen LogP contribution in [0.1, 0.15) is 42.7 Å². The molecule has 6 heteroatoms. The maximum absolute atomic E-state index is 13.2. The van der Waals surface area contributed by atoms with Crippen LogP contribution in [0.2, 0.25) is 0 Å². The largest absolute Gasteiger partial charge is 0.363 e. The molecule has 1 fully saturated rings. The molecule has 1 amide bonds. The molecule has 1 aliphatic rings. The maximum atomic E-state index is 13.2. The number of hydrogen-bond acceptors (Lipinski definition) is 5. The Hall–Kier alpha value is -3.41. The van der Waals surface area contributed by atoms with Gasteiger partial charge in [0.15, 0.2) is 0 Å². The van der Waals surface area contributed by atoms with E-state index in [0.29, 0.717) is 24.3 Å². The van der Waals surface area contributed by atoms with Crippen molar-refractivity contribution < 1.29 is 4.79 Å². The molecular formula is C28H35N5O. The number of rotatable bonds is 9. The summed E-state index contributed by atoms with van der Waals surface area (Å²) < 4.78 is 0. The van der Waals surface area contributed by atoms with Crippen LogP contribution in [0.5, 0.6) is 0 Å². The van der Waals surface area contributed by atoms with Crippen LogP contribution < -0.4 is 15.5 Å². The van der Waals surface area contributed by atoms with Gasteiger partial charge in [-0.25, -0.2) is 4.98 Å². The molecule has 1 heterocycles. The third-order valence-electron chi connectivity index (χ3n) is 6.65. The van der Waals surface area contributed by atoms with Crippen molar-refractivity contribution in [2.24, 2.45) is 5.92 Å². The smallest absolute Gasteiger partial charge is 0.227 e. The first-order valence-corrected chi connectivity index (χ1v) is 12.2. The summed E-state index contributed by atoms with van der Waals surface area (Å²) in [6.45, 7) is 0.732. The van der Waals surface area contributed by atoms with Crippen LogP contribution in [-0.4, -0.2) is 42.6 Å². The summed E-state index contributed by atoms with van der Waals surface area (Å²) in [5.41, 5.74) is 2.25. The monoisotopic (exact) mass is 457 g/mol. The van der Waals surface area contributed by atoms with E-state index >= 15 is 0 Å². The number of nitrogens with zero attached hydrogens (tertiary/aromatic N) is 3. The maximum Gasteiger partial charge on any atom is 0.227 e. The van der Waals surface area contributed by atoms with Crippen molar-refractivity contribution in [3.8, 4) is 0 Å². The lowest BCUT2D eigenvalue weighted by atomic mass is 9.85. The van der Waals surface area contributed by atoms with Crippen LogP contribution in [0.15, 0.2) is 72.9 Å². The highest BCUT2D eigenvalue weighted by molar-refractivity contribution is 5.84. The van der Waals surface area contributed by atoms with Gasteiger partial charge < -0.3 is 15.5 Å². The van der Waals surface area contributed by atoms with Gasteiger partial charge in [0.25, 0.3) is 0 Å². The van der Waals surface area contributed by atoms with E-state index < -0.39 is 0 Å². The third-order valence-corrected chi connectivity index (χ3v) is 6.65. The Morgan fingerprint density at radius 1 is 0.971 bits per heavy atom. The molecule has 0 aliphatic heterocycles. The van der Waals surface area contributed by atoms with Gasteiger partial charge >= 0.3 is 0 Å². The molecule has 1 aromatic heterocycles. The van der Waals surface area contributed by atoms with Crippen molar-refractivity contribution in [3.05, 3.63) is 84.1 Å². The number of carbonyl (C=O) groups is 1. The highest BCUT2D eigenvalue weighted by Gasteiger charge is 2.25. The Morgan fingerprint density at radius 3 is 2.32 bits per heavy atom. The Labute approximate surface area is 202 Å². The molecule has 6 nitrogen and oxygen atoms in total. The summed E-state index contributed by atoms with van der Waals surface area (Å²) in [6.07, 6.45) is 6.79. The molecule has 4 rings (SSSR count). The normalized spacial score (nSPS) is 18.6. The van der Waals surface area contributed by atoms with Crippen LogP contribution in [0.3, 0.4) is 0 Å². The molecule has 0 radical (unpaired) electrons. The molecule has 3 aromatic rings. The predicted octanol–water partition coefficient (Wildman–Crippen LogP) is 4.66. The van der Waals surface area contributed by atoms with Crippen LogP contribution in [-0.2, 0) is 11.2 Å². The Bertz CT molecular complexity index is 1030. The molecule has 178 valence electrons. The van der Waals surface area contributed by atoms with E-state index in [1.54, 1.807) is 6.20 Å². The lowest BCUT2D eigenvalue weighted by Crippen LogP contribution is -2.37. The minimum Gasteiger partial charge on any atom is -0.363 e. The zero-order valence-electron chi connectivity index (χ0n) is 20.2. The average molecular weight is 458 g/mol. The molecule has 0 spiro atoms. The summed E-state index contributed by atoms with van der Waals surface area (Å²) >= 11 is 0. The van der Waals surface area contributed by atoms with Crippen molar-refractivity contribution >= 4 is 17.7 Å². The minimum atomic E-state index is -0.178. The van der Waals surface area contributed by atoms with Gasteiger partial charge in [0, 0.05) is 32.9 Å². The molecule has 2 N–H and O–H groups in total. The van der Waals surface area contributed by atoms with Crippen molar-refractivity contribution in [2.75, 3.05) is 30.9 Å². The van der Waals surface area contributed by atoms with Crippen LogP contribution in [0, 0.1) is 5.92 Å². The Balaban J connectivity index is 1.29. The van der Waals surface area contributed by atoms with Gasteiger partial charge in [-0.3, -0.25) is 4.79 Å². The third kappa shape index (κ3) is 6.56. The van der Waals surface area contributed by atoms with Gasteiger partial charge in [0.1, 0.15) is 5.82 Å².